The van der Waals surface area contributed by atoms with E-state index in [1.807, 2.05) is 50.2 Å². The van der Waals surface area contributed by atoms with E-state index >= 15 is 0 Å². The molecule has 0 aliphatic carbocycles. The number of hydrogen-bond donors (Lipinski definition) is 1. The fourth-order valence-corrected chi connectivity index (χ4v) is 1.92. The van der Waals surface area contributed by atoms with Gasteiger partial charge in [0.25, 0.3) is 0 Å². The zero-order valence-corrected chi connectivity index (χ0v) is 13.3. The normalized spacial score (nSPS) is 10.5. The summed E-state index contributed by atoms with van der Waals surface area (Å²) in [5.41, 5.74) is 2.19. The summed E-state index contributed by atoms with van der Waals surface area (Å²) in [6.45, 7) is 5.42. The quantitative estimate of drug-likeness (QED) is 0.816. The van der Waals surface area contributed by atoms with Gasteiger partial charge in [-0.1, -0.05) is 24.3 Å². The third-order valence-corrected chi connectivity index (χ3v) is 3.28. The van der Waals surface area contributed by atoms with Gasteiger partial charge in [-0.05, 0) is 32.1 Å². The number of nitrogens with zero attached hydrogens (tertiary/aromatic N) is 2. The fourth-order valence-electron chi connectivity index (χ4n) is 1.92. The lowest BCUT2D eigenvalue weighted by molar-refractivity contribution is -0.134. The van der Waals surface area contributed by atoms with Crippen LogP contribution in [0.2, 0.25) is 0 Å². The Balaban J connectivity index is 2.56. The average molecular weight is 291 g/mol. The van der Waals surface area contributed by atoms with Gasteiger partial charge in [0.15, 0.2) is 0 Å². The van der Waals surface area contributed by atoms with Gasteiger partial charge in [-0.25, -0.2) is 0 Å². The molecule has 1 aromatic rings. The van der Waals surface area contributed by atoms with Gasteiger partial charge in [-0.3, -0.25) is 9.59 Å². The van der Waals surface area contributed by atoms with E-state index in [-0.39, 0.29) is 18.4 Å². The number of hydrogen-bond acceptors (Lipinski definition) is 3. The van der Waals surface area contributed by atoms with Gasteiger partial charge in [0.05, 0.1) is 6.54 Å². The van der Waals surface area contributed by atoms with E-state index in [4.69, 9.17) is 0 Å². The molecule has 1 aromatic carbocycles. The van der Waals surface area contributed by atoms with Crippen LogP contribution in [-0.4, -0.2) is 55.3 Å². The third-order valence-electron chi connectivity index (χ3n) is 3.28. The summed E-state index contributed by atoms with van der Waals surface area (Å²) in [5.74, 6) is -0.221. The third kappa shape index (κ3) is 6.40. The monoisotopic (exact) mass is 291 g/mol. The van der Waals surface area contributed by atoms with E-state index in [0.29, 0.717) is 13.1 Å². The lowest BCUT2D eigenvalue weighted by Gasteiger charge is -2.22. The van der Waals surface area contributed by atoms with Crippen molar-refractivity contribution in [3.63, 3.8) is 0 Å². The summed E-state index contributed by atoms with van der Waals surface area (Å²) in [4.78, 5) is 27.2. The highest BCUT2D eigenvalue weighted by Gasteiger charge is 2.14. The Kier molecular flexibility index (Phi) is 6.88. The summed E-state index contributed by atoms with van der Waals surface area (Å²) in [6, 6.07) is 7.89. The van der Waals surface area contributed by atoms with Crippen LogP contribution in [0.15, 0.2) is 24.3 Å². The van der Waals surface area contributed by atoms with Crippen LogP contribution in [0.25, 0.3) is 0 Å². The van der Waals surface area contributed by atoms with Crippen molar-refractivity contribution in [2.45, 2.75) is 20.4 Å². The number of aryl methyl sites for hydroxylation is 1. The molecule has 2 amide bonds. The summed E-state index contributed by atoms with van der Waals surface area (Å²) in [6.07, 6.45) is 0. The Bertz CT molecular complexity index is 486. The van der Waals surface area contributed by atoms with Gasteiger partial charge in [-0.2, -0.15) is 0 Å². The molecular weight excluding hydrogens is 266 g/mol. The summed E-state index contributed by atoms with van der Waals surface area (Å²) >= 11 is 0. The molecule has 0 saturated carbocycles. The number of carbonyl (C=O) groups is 2. The van der Waals surface area contributed by atoms with Crippen LogP contribution in [0, 0.1) is 6.92 Å². The molecule has 5 nitrogen and oxygen atoms in total. The van der Waals surface area contributed by atoms with E-state index in [9.17, 15) is 9.59 Å². The molecule has 0 fully saturated rings. The number of rotatable bonds is 7. The van der Waals surface area contributed by atoms with Crippen LogP contribution in [0.1, 0.15) is 18.1 Å². The van der Waals surface area contributed by atoms with Gasteiger partial charge < -0.3 is 15.1 Å². The minimum Gasteiger partial charge on any atom is -0.353 e. The first-order valence-electron chi connectivity index (χ1n) is 7.11. The molecule has 0 atom stereocenters. The molecule has 116 valence electrons. The number of likely N-dealkylation sites (N-methyl/N-ethyl adjacent to an activating group) is 1. The van der Waals surface area contributed by atoms with E-state index in [2.05, 4.69) is 5.32 Å². The number of carbonyl (C=O) groups excluding carboxylic acids is 2. The van der Waals surface area contributed by atoms with Crippen molar-refractivity contribution >= 4 is 11.8 Å². The SMILES string of the molecule is CC(=O)N(CC(=O)NCCN(C)C)Cc1ccccc1C. The van der Waals surface area contributed by atoms with Gasteiger partial charge in [0.1, 0.15) is 0 Å². The molecule has 0 heterocycles. The van der Waals surface area contributed by atoms with Crippen LogP contribution in [0.5, 0.6) is 0 Å². The predicted molar refractivity (Wildman–Crippen MR) is 83.8 cm³/mol. The lowest BCUT2D eigenvalue weighted by atomic mass is 10.1. The maximum absolute atomic E-state index is 11.9. The van der Waals surface area contributed by atoms with E-state index in [1.54, 1.807) is 4.90 Å². The van der Waals surface area contributed by atoms with Crippen molar-refractivity contribution < 1.29 is 9.59 Å². The predicted octanol–water partition coefficient (Wildman–Crippen LogP) is 1.02. The van der Waals surface area contributed by atoms with Crippen molar-refractivity contribution in [2.75, 3.05) is 33.7 Å². The molecule has 21 heavy (non-hydrogen) atoms. The highest BCUT2D eigenvalue weighted by Crippen LogP contribution is 2.10. The molecule has 0 aromatic heterocycles. The number of amides is 2. The molecule has 0 radical (unpaired) electrons. The van der Waals surface area contributed by atoms with E-state index in [0.717, 1.165) is 17.7 Å². The maximum atomic E-state index is 11.9. The first-order chi connectivity index (χ1) is 9.90. The molecule has 0 saturated heterocycles. The average Bonchev–Trinajstić information content (AvgIpc) is 2.39. The zero-order chi connectivity index (χ0) is 15.8. The second-order valence-electron chi connectivity index (χ2n) is 5.45. The van der Waals surface area contributed by atoms with Crippen molar-refractivity contribution in [3.8, 4) is 0 Å². The van der Waals surface area contributed by atoms with E-state index < -0.39 is 0 Å². The van der Waals surface area contributed by atoms with Crippen molar-refractivity contribution in [1.29, 1.82) is 0 Å². The van der Waals surface area contributed by atoms with Crippen LogP contribution >= 0.6 is 0 Å². The Hall–Kier alpha value is -1.88. The fraction of sp³-hybridized carbons (Fsp3) is 0.500. The number of benzene rings is 1. The first kappa shape index (κ1) is 17.2. The van der Waals surface area contributed by atoms with Crippen molar-refractivity contribution in [2.24, 2.45) is 0 Å². The second-order valence-corrected chi connectivity index (χ2v) is 5.45. The Morgan fingerprint density at radius 3 is 2.43 bits per heavy atom. The van der Waals surface area contributed by atoms with Crippen molar-refractivity contribution in [3.05, 3.63) is 35.4 Å². The Morgan fingerprint density at radius 2 is 1.86 bits per heavy atom. The first-order valence-corrected chi connectivity index (χ1v) is 7.11. The minimum atomic E-state index is -0.124. The van der Waals surface area contributed by atoms with Crippen LogP contribution in [0.4, 0.5) is 0 Å². The Morgan fingerprint density at radius 1 is 1.19 bits per heavy atom. The molecule has 0 aliphatic heterocycles. The highest BCUT2D eigenvalue weighted by molar-refractivity contribution is 5.83. The van der Waals surface area contributed by atoms with Crippen LogP contribution < -0.4 is 5.32 Å². The topological polar surface area (TPSA) is 52.7 Å². The summed E-state index contributed by atoms with van der Waals surface area (Å²) < 4.78 is 0. The highest BCUT2D eigenvalue weighted by atomic mass is 16.2. The smallest absolute Gasteiger partial charge is 0.239 e. The largest absolute Gasteiger partial charge is 0.353 e. The van der Waals surface area contributed by atoms with Crippen LogP contribution in [0.3, 0.4) is 0 Å². The van der Waals surface area contributed by atoms with Gasteiger partial charge in [-0.15, -0.1) is 0 Å². The number of nitrogens with one attached hydrogen (secondary N) is 1. The molecule has 5 heteroatoms. The van der Waals surface area contributed by atoms with Gasteiger partial charge >= 0.3 is 0 Å². The molecule has 1 rings (SSSR count). The molecular formula is C16H25N3O2. The van der Waals surface area contributed by atoms with Crippen LogP contribution in [-0.2, 0) is 16.1 Å². The Labute approximate surface area is 126 Å². The molecule has 0 spiro atoms. The summed E-state index contributed by atoms with van der Waals surface area (Å²) in [7, 11) is 3.90. The molecule has 1 N–H and O–H groups in total. The molecule has 0 unspecified atom stereocenters. The zero-order valence-electron chi connectivity index (χ0n) is 13.3. The van der Waals surface area contributed by atoms with Gasteiger partial charge in [0.2, 0.25) is 11.8 Å². The lowest BCUT2D eigenvalue weighted by Crippen LogP contribution is -2.41. The maximum Gasteiger partial charge on any atom is 0.239 e. The summed E-state index contributed by atoms with van der Waals surface area (Å²) in [5, 5.41) is 2.83. The second kappa shape index (κ2) is 8.42. The standard InChI is InChI=1S/C16H25N3O2/c1-13-7-5-6-8-15(13)11-19(14(2)20)12-16(21)17-9-10-18(3)4/h5-8H,9-12H2,1-4H3,(H,17,21). The van der Waals surface area contributed by atoms with E-state index in [1.165, 1.54) is 6.92 Å². The van der Waals surface area contributed by atoms with Gasteiger partial charge in [0, 0.05) is 26.6 Å². The molecule has 0 bridgehead atoms. The van der Waals surface area contributed by atoms with Crippen molar-refractivity contribution in [1.82, 2.24) is 15.1 Å². The molecule has 0 aliphatic rings. The minimum absolute atomic E-state index is 0.0943.